The number of fused-ring (bicyclic) bond motifs is 1. The number of amides is 1. The molecular formula is C19H22N2O4. The third-order valence-electron chi connectivity index (χ3n) is 4.63. The molecule has 2 aliphatic rings. The lowest BCUT2D eigenvalue weighted by atomic mass is 10.1. The van der Waals surface area contributed by atoms with Gasteiger partial charge in [-0.2, -0.15) is 0 Å². The van der Waals surface area contributed by atoms with Crippen LogP contribution in [-0.4, -0.2) is 36.4 Å². The summed E-state index contributed by atoms with van der Waals surface area (Å²) in [6.07, 6.45) is 3.54. The zero-order valence-electron chi connectivity index (χ0n) is 14.3. The fourth-order valence-corrected chi connectivity index (χ4v) is 3.37. The maximum absolute atomic E-state index is 12.0. The van der Waals surface area contributed by atoms with E-state index in [1.54, 1.807) is 0 Å². The minimum absolute atomic E-state index is 0.0634. The fraction of sp³-hybridized carbons (Fsp3) is 0.474. The van der Waals surface area contributed by atoms with Gasteiger partial charge in [-0.1, -0.05) is 5.16 Å². The van der Waals surface area contributed by atoms with Gasteiger partial charge in [0.2, 0.25) is 5.91 Å². The molecule has 2 atom stereocenters. The lowest BCUT2D eigenvalue weighted by Crippen LogP contribution is -2.32. The van der Waals surface area contributed by atoms with E-state index in [9.17, 15) is 4.79 Å². The van der Waals surface area contributed by atoms with Crippen LogP contribution in [0.3, 0.4) is 0 Å². The number of hydrogen-bond acceptors (Lipinski definition) is 5. The maximum Gasteiger partial charge on any atom is 0.226 e. The Bertz CT molecular complexity index is 765. The predicted molar refractivity (Wildman–Crippen MR) is 91.4 cm³/mol. The first-order valence-electron chi connectivity index (χ1n) is 8.81. The molecule has 2 unspecified atom stereocenters. The smallest absolute Gasteiger partial charge is 0.226 e. The molecule has 1 saturated heterocycles. The van der Waals surface area contributed by atoms with Crippen molar-refractivity contribution >= 4 is 5.91 Å². The van der Waals surface area contributed by atoms with Crippen molar-refractivity contribution in [2.45, 2.75) is 44.8 Å². The van der Waals surface area contributed by atoms with Crippen LogP contribution >= 0.6 is 0 Å². The molecule has 1 fully saturated rings. The highest BCUT2D eigenvalue weighted by Crippen LogP contribution is 2.33. The minimum Gasteiger partial charge on any atom is -0.490 e. The molecule has 0 aliphatic carbocycles. The van der Waals surface area contributed by atoms with Crippen molar-refractivity contribution in [3.05, 3.63) is 35.5 Å². The van der Waals surface area contributed by atoms with Gasteiger partial charge in [0.15, 0.2) is 5.76 Å². The Morgan fingerprint density at radius 1 is 1.36 bits per heavy atom. The lowest BCUT2D eigenvalue weighted by molar-refractivity contribution is -0.121. The average molecular weight is 342 g/mol. The first-order chi connectivity index (χ1) is 12.2. The Kier molecular flexibility index (Phi) is 4.44. The highest BCUT2D eigenvalue weighted by molar-refractivity contribution is 5.78. The third kappa shape index (κ3) is 3.69. The number of benzene rings is 1. The molecule has 0 spiro atoms. The van der Waals surface area contributed by atoms with E-state index >= 15 is 0 Å². The molecule has 1 aromatic heterocycles. The van der Waals surface area contributed by atoms with E-state index in [2.05, 4.69) is 23.5 Å². The summed E-state index contributed by atoms with van der Waals surface area (Å²) in [6.45, 7) is 3.41. The van der Waals surface area contributed by atoms with Crippen molar-refractivity contribution in [1.82, 2.24) is 10.5 Å². The molecule has 6 heteroatoms. The summed E-state index contributed by atoms with van der Waals surface area (Å²) in [5.41, 5.74) is 2.76. The van der Waals surface area contributed by atoms with Gasteiger partial charge < -0.3 is 19.3 Å². The van der Waals surface area contributed by atoms with E-state index in [0.29, 0.717) is 18.0 Å². The quantitative estimate of drug-likeness (QED) is 0.904. The van der Waals surface area contributed by atoms with Crippen molar-refractivity contribution in [2.24, 2.45) is 0 Å². The Morgan fingerprint density at radius 3 is 3.12 bits per heavy atom. The summed E-state index contributed by atoms with van der Waals surface area (Å²) >= 11 is 0. The summed E-state index contributed by atoms with van der Waals surface area (Å²) in [5, 5.41) is 6.92. The fourth-order valence-electron chi connectivity index (χ4n) is 3.37. The Balaban J connectivity index is 1.37. The van der Waals surface area contributed by atoms with Crippen LogP contribution < -0.4 is 10.1 Å². The van der Waals surface area contributed by atoms with E-state index in [0.717, 1.165) is 37.2 Å². The summed E-state index contributed by atoms with van der Waals surface area (Å²) in [7, 11) is 0. The molecule has 2 aliphatic heterocycles. The van der Waals surface area contributed by atoms with Crippen LogP contribution in [0.25, 0.3) is 11.3 Å². The summed E-state index contributed by atoms with van der Waals surface area (Å²) < 4.78 is 16.6. The maximum atomic E-state index is 12.0. The molecular weight excluding hydrogens is 320 g/mol. The van der Waals surface area contributed by atoms with Crippen molar-refractivity contribution < 1.29 is 18.8 Å². The van der Waals surface area contributed by atoms with E-state index in [1.165, 1.54) is 5.56 Å². The van der Waals surface area contributed by atoms with Gasteiger partial charge in [-0.05, 0) is 43.5 Å². The molecule has 132 valence electrons. The second-order valence-corrected chi connectivity index (χ2v) is 6.75. The van der Waals surface area contributed by atoms with Gasteiger partial charge in [0, 0.05) is 31.2 Å². The molecule has 0 bridgehead atoms. The Hall–Kier alpha value is -2.34. The van der Waals surface area contributed by atoms with E-state index in [1.807, 2.05) is 18.2 Å². The first kappa shape index (κ1) is 16.1. The minimum atomic E-state index is -0.0634. The molecule has 1 amide bonds. The topological polar surface area (TPSA) is 73.6 Å². The van der Waals surface area contributed by atoms with Crippen molar-refractivity contribution in [3.63, 3.8) is 0 Å². The molecule has 4 rings (SSSR count). The zero-order chi connectivity index (χ0) is 17.2. The number of hydrogen-bond donors (Lipinski definition) is 1. The van der Waals surface area contributed by atoms with Crippen molar-refractivity contribution in [3.8, 4) is 17.1 Å². The highest BCUT2D eigenvalue weighted by atomic mass is 16.5. The molecule has 0 saturated carbocycles. The highest BCUT2D eigenvalue weighted by Gasteiger charge is 2.21. The third-order valence-corrected chi connectivity index (χ3v) is 4.63. The largest absolute Gasteiger partial charge is 0.490 e. The molecule has 25 heavy (non-hydrogen) atoms. The molecule has 6 nitrogen and oxygen atoms in total. The summed E-state index contributed by atoms with van der Waals surface area (Å²) in [4.78, 5) is 12.0. The number of ether oxygens (including phenoxy) is 2. The average Bonchev–Trinajstić information content (AvgIpc) is 3.32. The van der Waals surface area contributed by atoms with Crippen LogP contribution in [0.1, 0.15) is 31.0 Å². The summed E-state index contributed by atoms with van der Waals surface area (Å²) in [5.74, 6) is 1.54. The van der Waals surface area contributed by atoms with E-state index in [4.69, 9.17) is 14.0 Å². The van der Waals surface area contributed by atoms with Crippen LogP contribution in [0.5, 0.6) is 5.75 Å². The lowest BCUT2D eigenvalue weighted by Gasteiger charge is -2.09. The van der Waals surface area contributed by atoms with Crippen molar-refractivity contribution in [1.29, 1.82) is 0 Å². The summed E-state index contributed by atoms with van der Waals surface area (Å²) in [6, 6.07) is 7.82. The van der Waals surface area contributed by atoms with Crippen LogP contribution in [0.4, 0.5) is 0 Å². The molecule has 1 N–H and O–H groups in total. The second kappa shape index (κ2) is 6.88. The van der Waals surface area contributed by atoms with Crippen LogP contribution in [-0.2, 0) is 22.4 Å². The molecule has 2 aromatic rings. The molecule has 0 radical (unpaired) electrons. The Labute approximate surface area is 146 Å². The van der Waals surface area contributed by atoms with E-state index in [-0.39, 0.29) is 24.5 Å². The predicted octanol–water partition coefficient (Wildman–Crippen LogP) is 2.50. The van der Waals surface area contributed by atoms with Crippen molar-refractivity contribution in [2.75, 3.05) is 13.2 Å². The van der Waals surface area contributed by atoms with Crippen LogP contribution in [0.2, 0.25) is 0 Å². The zero-order valence-corrected chi connectivity index (χ0v) is 14.3. The Morgan fingerprint density at radius 2 is 2.28 bits per heavy atom. The van der Waals surface area contributed by atoms with Gasteiger partial charge in [0.25, 0.3) is 0 Å². The second-order valence-electron chi connectivity index (χ2n) is 6.75. The number of aromatic nitrogens is 1. The van der Waals surface area contributed by atoms with Gasteiger partial charge in [0.05, 0.1) is 18.2 Å². The van der Waals surface area contributed by atoms with Gasteiger partial charge in [0.1, 0.15) is 11.9 Å². The van der Waals surface area contributed by atoms with Crippen LogP contribution in [0, 0.1) is 0 Å². The van der Waals surface area contributed by atoms with Gasteiger partial charge >= 0.3 is 0 Å². The first-order valence-corrected chi connectivity index (χ1v) is 8.81. The van der Waals surface area contributed by atoms with Gasteiger partial charge in [-0.15, -0.1) is 0 Å². The number of carbonyl (C=O) groups excluding carboxylic acids is 1. The number of carbonyl (C=O) groups is 1. The van der Waals surface area contributed by atoms with Gasteiger partial charge in [-0.3, -0.25) is 4.79 Å². The molecule has 1 aromatic carbocycles. The number of nitrogens with zero attached hydrogens (tertiary/aromatic N) is 1. The molecule has 3 heterocycles. The van der Waals surface area contributed by atoms with E-state index < -0.39 is 0 Å². The number of nitrogens with one attached hydrogen (secondary N) is 1. The standard InChI is InChI=1S/C19H22N2O4/c1-12-7-14-8-13(4-5-17(14)24-12)18-9-15(21-25-18)10-19(22)20-11-16-3-2-6-23-16/h4-5,8-9,12,16H,2-3,6-7,10-11H2,1H3,(H,20,22). The normalized spacial score (nSPS) is 21.8. The monoisotopic (exact) mass is 342 g/mol. The van der Waals surface area contributed by atoms with Gasteiger partial charge in [-0.25, -0.2) is 0 Å². The van der Waals surface area contributed by atoms with Crippen LogP contribution in [0.15, 0.2) is 28.8 Å². The SMILES string of the molecule is CC1Cc2cc(-c3cc(CC(=O)NCC4CCCO4)no3)ccc2O1. The number of rotatable bonds is 5.